The summed E-state index contributed by atoms with van der Waals surface area (Å²) >= 11 is 0. The lowest BCUT2D eigenvalue weighted by Crippen LogP contribution is -2.29. The van der Waals surface area contributed by atoms with E-state index in [1.54, 1.807) is 0 Å². The molecule has 0 aliphatic heterocycles. The first-order valence-electron chi connectivity index (χ1n) is 31.9. The number of fused-ring (bicyclic) bond motifs is 11. The zero-order chi connectivity index (χ0) is 61.4. The van der Waals surface area contributed by atoms with Crippen LogP contribution in [0.4, 0.5) is 34.1 Å². The number of furan rings is 2. The van der Waals surface area contributed by atoms with Gasteiger partial charge in [-0.1, -0.05) is 297 Å². The molecule has 4 nitrogen and oxygen atoms in total. The van der Waals surface area contributed by atoms with Crippen molar-refractivity contribution < 1.29 is 8.83 Å². The van der Waals surface area contributed by atoms with Crippen molar-refractivity contribution in [1.82, 2.24) is 0 Å². The third kappa shape index (κ3) is 8.68. The van der Waals surface area contributed by atoms with Gasteiger partial charge in [-0.25, -0.2) is 0 Å². The summed E-state index contributed by atoms with van der Waals surface area (Å²) in [6.07, 6.45) is 0. The van der Waals surface area contributed by atoms with E-state index >= 15 is 0 Å². The monoisotopic (exact) mass is 1190 g/mol. The van der Waals surface area contributed by atoms with E-state index in [0.717, 1.165) is 144 Å². The fourth-order valence-electron chi connectivity index (χ4n) is 15.0. The van der Waals surface area contributed by atoms with E-state index in [0.29, 0.717) is 0 Å². The predicted molar refractivity (Wildman–Crippen MR) is 387 cm³/mol. The van der Waals surface area contributed by atoms with Gasteiger partial charge in [-0.3, -0.25) is 0 Å². The molecule has 0 bridgehead atoms. The molecule has 17 aromatic rings. The van der Waals surface area contributed by atoms with Gasteiger partial charge in [0.1, 0.15) is 11.2 Å². The van der Waals surface area contributed by atoms with Crippen molar-refractivity contribution in [2.24, 2.45) is 0 Å². The van der Waals surface area contributed by atoms with Crippen LogP contribution in [0.15, 0.2) is 361 Å². The van der Waals surface area contributed by atoms with Crippen molar-refractivity contribution in [3.8, 4) is 55.6 Å². The molecule has 0 atom stereocenters. The standard InChI is InChI=1S/C89H58N2O2/c1-7-27-59(28-8-1)63-35-21-41-67(55-63)90(81-51-25-49-76-74-47-23-45-70(85(74)92-87(76)81)61-31-11-3-12-32-61)69-53-54-78-79(57-69)89(65-37-15-5-16-38-65,66-39-17-6-18-40-66)80-58-83(72-43-19-20-44-73(72)84(78)80)91(68-42-22-36-64(56-68)60-29-9-2-10-30-60)82-52-26-50-77-75-48-24-46-71(86(75)93-88(77)82)62-33-13-4-14-34-62/h1-58H. The summed E-state index contributed by atoms with van der Waals surface area (Å²) in [5, 5.41) is 6.49. The van der Waals surface area contributed by atoms with Crippen LogP contribution in [0.25, 0.3) is 110 Å². The Bertz CT molecular complexity index is 5640. The van der Waals surface area contributed by atoms with Crippen molar-refractivity contribution in [3.05, 3.63) is 374 Å². The molecule has 15 aromatic carbocycles. The lowest BCUT2D eigenvalue weighted by molar-refractivity contribution is 0.670. The summed E-state index contributed by atoms with van der Waals surface area (Å²) in [4.78, 5) is 4.89. The fraction of sp³-hybridized carbons (Fsp3) is 0.0112. The lowest BCUT2D eigenvalue weighted by atomic mass is 9.67. The number of hydrogen-bond donors (Lipinski definition) is 0. The maximum absolute atomic E-state index is 7.40. The van der Waals surface area contributed by atoms with E-state index in [2.05, 4.69) is 362 Å². The molecule has 1 aliphatic carbocycles. The van der Waals surface area contributed by atoms with Crippen LogP contribution in [-0.4, -0.2) is 0 Å². The van der Waals surface area contributed by atoms with E-state index in [1.807, 2.05) is 0 Å². The Hall–Kier alpha value is -12.2. The molecule has 2 aromatic heterocycles. The van der Waals surface area contributed by atoms with Gasteiger partial charge >= 0.3 is 0 Å². The van der Waals surface area contributed by atoms with Crippen LogP contribution >= 0.6 is 0 Å². The van der Waals surface area contributed by atoms with Crippen LogP contribution in [0, 0.1) is 0 Å². The van der Waals surface area contributed by atoms with E-state index in [1.165, 1.54) is 22.3 Å². The van der Waals surface area contributed by atoms with Gasteiger partial charge in [-0.05, 0) is 127 Å². The highest BCUT2D eigenvalue weighted by molar-refractivity contribution is 6.17. The van der Waals surface area contributed by atoms with Crippen molar-refractivity contribution in [1.29, 1.82) is 0 Å². The molecular formula is C89H58N2O2. The van der Waals surface area contributed by atoms with Gasteiger partial charge in [0, 0.05) is 55.1 Å². The van der Waals surface area contributed by atoms with Gasteiger partial charge in [0.2, 0.25) is 0 Å². The Morgan fingerprint density at radius 3 is 1.10 bits per heavy atom. The number of nitrogens with zero attached hydrogens (tertiary/aromatic N) is 2. The van der Waals surface area contributed by atoms with Crippen molar-refractivity contribution >= 4 is 88.8 Å². The average molecular weight is 1190 g/mol. The average Bonchev–Trinajstić information content (AvgIpc) is 1.54. The van der Waals surface area contributed by atoms with Gasteiger partial charge in [0.15, 0.2) is 11.2 Å². The summed E-state index contributed by atoms with van der Waals surface area (Å²) in [6.45, 7) is 0. The topological polar surface area (TPSA) is 32.8 Å². The molecule has 0 N–H and O–H groups in total. The van der Waals surface area contributed by atoms with Crippen LogP contribution in [0.3, 0.4) is 0 Å². The molecule has 0 amide bonds. The van der Waals surface area contributed by atoms with Crippen LogP contribution in [-0.2, 0) is 5.41 Å². The van der Waals surface area contributed by atoms with Gasteiger partial charge in [-0.15, -0.1) is 0 Å². The van der Waals surface area contributed by atoms with Gasteiger partial charge in [0.05, 0.1) is 22.5 Å². The normalized spacial score (nSPS) is 12.4. The Labute approximate surface area is 539 Å². The minimum Gasteiger partial charge on any atom is -0.453 e. The highest BCUT2D eigenvalue weighted by Gasteiger charge is 2.48. The van der Waals surface area contributed by atoms with E-state index in [9.17, 15) is 0 Å². The molecule has 0 saturated heterocycles. The largest absolute Gasteiger partial charge is 0.453 e. The Morgan fingerprint density at radius 2 is 0.591 bits per heavy atom. The minimum absolute atomic E-state index is 0.808. The Kier molecular flexibility index (Phi) is 12.8. The van der Waals surface area contributed by atoms with E-state index in [4.69, 9.17) is 8.83 Å². The van der Waals surface area contributed by atoms with Gasteiger partial charge in [0.25, 0.3) is 0 Å². The molecule has 0 unspecified atom stereocenters. The summed E-state index contributed by atoms with van der Waals surface area (Å²) in [5.41, 5.74) is 24.2. The molecule has 0 spiro atoms. The molecular weight excluding hydrogens is 1130 g/mol. The highest BCUT2D eigenvalue weighted by Crippen LogP contribution is 2.61. The minimum atomic E-state index is -0.858. The van der Waals surface area contributed by atoms with E-state index < -0.39 is 5.41 Å². The van der Waals surface area contributed by atoms with Crippen LogP contribution < -0.4 is 9.80 Å². The molecule has 93 heavy (non-hydrogen) atoms. The molecule has 0 radical (unpaired) electrons. The third-order valence-corrected chi connectivity index (χ3v) is 19.1. The molecule has 4 heteroatoms. The predicted octanol–water partition coefficient (Wildman–Crippen LogP) is 24.6. The van der Waals surface area contributed by atoms with Crippen molar-refractivity contribution in [3.63, 3.8) is 0 Å². The van der Waals surface area contributed by atoms with E-state index in [-0.39, 0.29) is 0 Å². The summed E-state index contributed by atoms with van der Waals surface area (Å²) in [7, 11) is 0. The second kappa shape index (κ2) is 22.1. The van der Waals surface area contributed by atoms with Crippen LogP contribution in [0.1, 0.15) is 22.3 Å². The van der Waals surface area contributed by atoms with Gasteiger partial charge in [-0.2, -0.15) is 0 Å². The van der Waals surface area contributed by atoms with Crippen LogP contribution in [0.5, 0.6) is 0 Å². The quantitative estimate of drug-likeness (QED) is 0.122. The fourth-order valence-corrected chi connectivity index (χ4v) is 15.0. The molecule has 0 saturated carbocycles. The molecule has 0 fully saturated rings. The zero-order valence-corrected chi connectivity index (χ0v) is 50.7. The maximum atomic E-state index is 7.40. The third-order valence-electron chi connectivity index (χ3n) is 19.1. The number of para-hydroxylation sites is 4. The number of rotatable bonds is 12. The zero-order valence-electron chi connectivity index (χ0n) is 50.7. The van der Waals surface area contributed by atoms with Crippen molar-refractivity contribution in [2.75, 3.05) is 9.80 Å². The molecule has 2 heterocycles. The first-order chi connectivity index (χ1) is 46.2. The van der Waals surface area contributed by atoms with Crippen molar-refractivity contribution in [2.45, 2.75) is 5.41 Å². The Balaban J connectivity index is 0.922. The summed E-state index contributed by atoms with van der Waals surface area (Å²) in [5.74, 6) is 0. The Morgan fingerprint density at radius 1 is 0.215 bits per heavy atom. The summed E-state index contributed by atoms with van der Waals surface area (Å²) < 4.78 is 14.7. The maximum Gasteiger partial charge on any atom is 0.159 e. The van der Waals surface area contributed by atoms with Gasteiger partial charge < -0.3 is 18.6 Å². The first kappa shape index (κ1) is 53.8. The second-order valence-corrected chi connectivity index (χ2v) is 24.2. The number of hydrogen-bond acceptors (Lipinski definition) is 4. The highest BCUT2D eigenvalue weighted by atomic mass is 16.3. The second-order valence-electron chi connectivity index (χ2n) is 24.2. The number of benzene rings is 15. The number of anilines is 6. The lowest BCUT2D eigenvalue weighted by Gasteiger charge is -2.36. The van der Waals surface area contributed by atoms with Crippen LogP contribution in [0.2, 0.25) is 0 Å². The molecule has 18 rings (SSSR count). The SMILES string of the molecule is c1ccc(-c2cccc(N(c3ccc4c(c3)C(c3ccccc3)(c3ccccc3)c3cc(N(c5cccc(-c6ccccc6)c5)c5cccc6c5oc5c(-c7ccccc7)cccc56)c5ccccc5c3-4)c3cccc4c3oc3c(-c5ccccc5)cccc34)c2)cc1. The molecule has 436 valence electrons. The summed E-state index contributed by atoms with van der Waals surface area (Å²) in [6, 6.07) is 128. The molecule has 1 aliphatic rings. The smallest absolute Gasteiger partial charge is 0.159 e. The first-order valence-corrected chi connectivity index (χ1v) is 31.9.